The molecule has 1 aliphatic rings. The lowest BCUT2D eigenvalue weighted by molar-refractivity contribution is 0.409. The van der Waals surface area contributed by atoms with Crippen molar-refractivity contribution in [1.29, 1.82) is 0 Å². The van der Waals surface area contributed by atoms with Crippen LogP contribution in [-0.2, 0) is 9.84 Å². The van der Waals surface area contributed by atoms with E-state index in [2.05, 4.69) is 0 Å². The maximum atomic E-state index is 12.2. The van der Waals surface area contributed by atoms with Crippen molar-refractivity contribution in [2.45, 2.75) is 14.4 Å². The largest absolute Gasteiger partial charge is 0.496 e. The molecule has 0 amide bonds. The van der Waals surface area contributed by atoms with E-state index in [0.29, 0.717) is 10.6 Å². The summed E-state index contributed by atoms with van der Waals surface area (Å²) in [5, 5.41) is 1.91. The molecule has 3 nitrogen and oxygen atoms in total. The van der Waals surface area contributed by atoms with Crippen molar-refractivity contribution in [3.05, 3.63) is 41.3 Å². The second-order valence-electron chi connectivity index (χ2n) is 4.19. The number of hydrogen-bond acceptors (Lipinski definition) is 5. The van der Waals surface area contributed by atoms with Gasteiger partial charge < -0.3 is 4.74 Å². The molecule has 1 atom stereocenters. The maximum absolute atomic E-state index is 12.2. The van der Waals surface area contributed by atoms with Gasteiger partial charge in [-0.25, -0.2) is 8.42 Å². The van der Waals surface area contributed by atoms with E-state index >= 15 is 0 Å². The van der Waals surface area contributed by atoms with Crippen molar-refractivity contribution in [2.24, 2.45) is 0 Å². The monoisotopic (exact) mass is 312 g/mol. The Morgan fingerprint density at radius 2 is 2.16 bits per heavy atom. The molecule has 2 heterocycles. The molecule has 0 N–H and O–H groups in total. The lowest BCUT2D eigenvalue weighted by Crippen LogP contribution is -2.00. The van der Waals surface area contributed by atoms with Crippen LogP contribution in [0.4, 0.5) is 0 Å². The molecule has 0 fully saturated rings. The molecule has 6 heteroatoms. The quantitative estimate of drug-likeness (QED) is 0.871. The summed E-state index contributed by atoms with van der Waals surface area (Å²) in [5.41, 5.74) is 0.809. The molecule has 3 rings (SSSR count). The number of thiophene rings is 1. The highest BCUT2D eigenvalue weighted by atomic mass is 32.2. The molecule has 1 aromatic carbocycles. The van der Waals surface area contributed by atoms with Crippen LogP contribution in [0.25, 0.3) is 0 Å². The average Bonchev–Trinajstić information content (AvgIpc) is 2.97. The van der Waals surface area contributed by atoms with Gasteiger partial charge in [0.25, 0.3) is 0 Å². The van der Waals surface area contributed by atoms with Crippen molar-refractivity contribution in [1.82, 2.24) is 0 Å². The van der Waals surface area contributed by atoms with E-state index in [-0.39, 0.29) is 11.0 Å². The van der Waals surface area contributed by atoms with Crippen LogP contribution in [0.2, 0.25) is 0 Å². The number of ether oxygens (including phenoxy) is 1. The van der Waals surface area contributed by atoms with Gasteiger partial charge in [-0.15, -0.1) is 23.1 Å². The van der Waals surface area contributed by atoms with Crippen molar-refractivity contribution < 1.29 is 13.2 Å². The summed E-state index contributed by atoms with van der Waals surface area (Å²) in [4.78, 5) is 0.418. The van der Waals surface area contributed by atoms with Crippen LogP contribution in [-0.4, -0.2) is 21.3 Å². The molecular formula is C13H12O3S3. The number of thioether (sulfide) groups is 1. The lowest BCUT2D eigenvalue weighted by atomic mass is 10.1. The van der Waals surface area contributed by atoms with Crippen molar-refractivity contribution in [3.8, 4) is 5.75 Å². The number of benzene rings is 1. The third kappa shape index (κ3) is 2.28. The first-order valence-electron chi connectivity index (χ1n) is 5.71. The van der Waals surface area contributed by atoms with Gasteiger partial charge in [0.15, 0.2) is 9.84 Å². The third-order valence-corrected chi connectivity index (χ3v) is 7.33. The second-order valence-corrected chi connectivity index (χ2v) is 8.65. The molecule has 0 saturated carbocycles. The molecule has 0 bridgehead atoms. The molecule has 1 aliphatic heterocycles. The first kappa shape index (κ1) is 13.0. The van der Waals surface area contributed by atoms with Crippen LogP contribution in [0.15, 0.2) is 44.8 Å². The first-order chi connectivity index (χ1) is 9.12. The summed E-state index contributed by atoms with van der Waals surface area (Å²) in [7, 11) is -1.61. The summed E-state index contributed by atoms with van der Waals surface area (Å²) in [6.45, 7) is 0. The summed E-state index contributed by atoms with van der Waals surface area (Å²) in [6, 6.07) is 9.20. The number of rotatable bonds is 3. The van der Waals surface area contributed by atoms with Gasteiger partial charge in [0.1, 0.15) is 5.75 Å². The Kier molecular flexibility index (Phi) is 3.32. The standard InChI is InChI=1S/C13H12O3S3/c1-16-9-4-2-5-11-13(9)10(8-19(11,14)15)18-12-6-3-7-17-12/h2-7,10H,8H2,1H3. The fourth-order valence-corrected chi connectivity index (χ4v) is 6.70. The van der Waals surface area contributed by atoms with Crippen LogP contribution in [0.1, 0.15) is 10.8 Å². The molecule has 0 radical (unpaired) electrons. The Labute approximate surface area is 120 Å². The van der Waals surface area contributed by atoms with Gasteiger partial charge in [0, 0.05) is 5.56 Å². The van der Waals surface area contributed by atoms with E-state index < -0.39 is 9.84 Å². The first-order valence-corrected chi connectivity index (χ1v) is 9.13. The average molecular weight is 312 g/mol. The summed E-state index contributed by atoms with van der Waals surface area (Å²) in [6.07, 6.45) is 0. The Bertz CT molecular complexity index is 690. The summed E-state index contributed by atoms with van der Waals surface area (Å²) in [5.74, 6) is 0.804. The minimum atomic E-state index is -3.19. The molecular weight excluding hydrogens is 300 g/mol. The number of methoxy groups -OCH3 is 1. The van der Waals surface area contributed by atoms with E-state index in [0.717, 1.165) is 9.77 Å². The van der Waals surface area contributed by atoms with Gasteiger partial charge in [0.05, 0.1) is 27.2 Å². The Hall–Kier alpha value is -0.980. The molecule has 0 saturated heterocycles. The fourth-order valence-electron chi connectivity index (χ4n) is 2.23. The van der Waals surface area contributed by atoms with Crippen molar-refractivity contribution >= 4 is 32.9 Å². The van der Waals surface area contributed by atoms with Gasteiger partial charge in [-0.05, 0) is 23.6 Å². The van der Waals surface area contributed by atoms with E-state index in [9.17, 15) is 8.42 Å². The topological polar surface area (TPSA) is 43.4 Å². The molecule has 1 unspecified atom stereocenters. The zero-order valence-electron chi connectivity index (χ0n) is 10.2. The van der Waals surface area contributed by atoms with Crippen molar-refractivity contribution in [3.63, 3.8) is 0 Å². The van der Waals surface area contributed by atoms with Crippen LogP contribution < -0.4 is 4.74 Å². The molecule has 19 heavy (non-hydrogen) atoms. The molecule has 2 aromatic rings. The Morgan fingerprint density at radius 3 is 2.84 bits per heavy atom. The van der Waals surface area contributed by atoms with Gasteiger partial charge in [-0.3, -0.25) is 0 Å². The zero-order valence-corrected chi connectivity index (χ0v) is 12.6. The molecule has 0 aliphatic carbocycles. The van der Waals surface area contributed by atoms with Crippen LogP contribution >= 0.6 is 23.1 Å². The van der Waals surface area contributed by atoms with Crippen molar-refractivity contribution in [2.75, 3.05) is 12.9 Å². The molecule has 1 aromatic heterocycles. The maximum Gasteiger partial charge on any atom is 0.180 e. The minimum Gasteiger partial charge on any atom is -0.496 e. The van der Waals surface area contributed by atoms with Gasteiger partial charge in [-0.2, -0.15) is 0 Å². The summed E-state index contributed by atoms with van der Waals surface area (Å²) < 4.78 is 30.8. The van der Waals surface area contributed by atoms with E-state index in [4.69, 9.17) is 4.74 Å². The predicted molar refractivity (Wildman–Crippen MR) is 78.0 cm³/mol. The van der Waals surface area contributed by atoms with Gasteiger partial charge >= 0.3 is 0 Å². The van der Waals surface area contributed by atoms with Crippen LogP contribution in [0.5, 0.6) is 5.75 Å². The number of fused-ring (bicyclic) bond motifs is 1. The number of sulfone groups is 1. The highest BCUT2D eigenvalue weighted by molar-refractivity contribution is 8.03. The Morgan fingerprint density at radius 1 is 1.32 bits per heavy atom. The zero-order chi connectivity index (χ0) is 13.5. The van der Waals surface area contributed by atoms with E-state index in [1.807, 2.05) is 23.6 Å². The highest BCUT2D eigenvalue weighted by Crippen LogP contribution is 2.49. The van der Waals surface area contributed by atoms with E-state index in [1.165, 1.54) is 0 Å². The SMILES string of the molecule is COc1cccc2c1C(Sc1cccs1)CS2(=O)=O. The van der Waals surface area contributed by atoms with E-state index in [1.54, 1.807) is 42.3 Å². The van der Waals surface area contributed by atoms with Gasteiger partial charge in [-0.1, -0.05) is 12.1 Å². The normalized spacial score (nSPS) is 20.2. The minimum absolute atomic E-state index is 0.0881. The molecule has 100 valence electrons. The third-order valence-electron chi connectivity index (χ3n) is 3.03. The highest BCUT2D eigenvalue weighted by Gasteiger charge is 2.37. The second kappa shape index (κ2) is 4.85. The molecule has 0 spiro atoms. The predicted octanol–water partition coefficient (Wildman–Crippen LogP) is 3.38. The summed E-state index contributed by atoms with van der Waals surface area (Å²) >= 11 is 3.22. The van der Waals surface area contributed by atoms with Crippen LogP contribution in [0.3, 0.4) is 0 Å². The smallest absolute Gasteiger partial charge is 0.180 e. The lowest BCUT2D eigenvalue weighted by Gasteiger charge is -2.12. The Balaban J connectivity index is 2.07. The number of hydrogen-bond donors (Lipinski definition) is 0. The fraction of sp³-hybridized carbons (Fsp3) is 0.231. The van der Waals surface area contributed by atoms with Crippen LogP contribution in [0, 0.1) is 0 Å². The van der Waals surface area contributed by atoms with Gasteiger partial charge in [0.2, 0.25) is 0 Å².